The normalized spacial score (nSPS) is 11.0. The molecule has 0 aliphatic heterocycles. The van der Waals surface area contributed by atoms with E-state index in [1.807, 2.05) is 48.5 Å². The fourth-order valence-electron chi connectivity index (χ4n) is 4.84. The summed E-state index contributed by atoms with van der Waals surface area (Å²) in [6.45, 7) is 5.92. The molecule has 0 aliphatic carbocycles. The number of ether oxygens (including phenoxy) is 1. The quantitative estimate of drug-likeness (QED) is 0.243. The third-order valence-electron chi connectivity index (χ3n) is 6.61. The van der Waals surface area contributed by atoms with Crippen molar-refractivity contribution >= 4 is 16.9 Å². The Morgan fingerprint density at radius 2 is 1.53 bits per heavy atom. The zero-order valence-electron chi connectivity index (χ0n) is 22.0. The fraction of sp³-hybridized carbons (Fsp3) is 0.212. The average Bonchev–Trinajstić information content (AvgIpc) is 3.26. The van der Waals surface area contributed by atoms with Crippen LogP contribution in [0, 0.1) is 13.8 Å². The van der Waals surface area contributed by atoms with E-state index >= 15 is 0 Å². The van der Waals surface area contributed by atoms with E-state index in [1.165, 1.54) is 16.7 Å². The second-order valence-electron chi connectivity index (χ2n) is 9.68. The van der Waals surface area contributed by atoms with Gasteiger partial charge in [-0.05, 0) is 65.9 Å². The van der Waals surface area contributed by atoms with Gasteiger partial charge in [-0.25, -0.2) is 4.98 Å². The van der Waals surface area contributed by atoms with Crippen LogP contribution >= 0.6 is 0 Å². The van der Waals surface area contributed by atoms with Crippen molar-refractivity contribution in [3.05, 3.63) is 120 Å². The minimum absolute atomic E-state index is 0.0123. The zero-order valence-corrected chi connectivity index (χ0v) is 22.0. The molecule has 4 aromatic carbocycles. The van der Waals surface area contributed by atoms with Crippen LogP contribution in [0.25, 0.3) is 22.2 Å². The molecule has 0 aliphatic rings. The summed E-state index contributed by atoms with van der Waals surface area (Å²) in [5.74, 6) is 1.85. The van der Waals surface area contributed by atoms with E-state index in [9.17, 15) is 4.79 Å². The predicted octanol–water partition coefficient (Wildman–Crippen LogP) is 6.30. The van der Waals surface area contributed by atoms with E-state index in [-0.39, 0.29) is 5.91 Å². The molecule has 5 nitrogen and oxygen atoms in total. The van der Waals surface area contributed by atoms with Crippen LogP contribution in [0.3, 0.4) is 0 Å². The second-order valence-corrected chi connectivity index (χ2v) is 9.68. The molecule has 5 aromatic rings. The van der Waals surface area contributed by atoms with E-state index in [0.717, 1.165) is 33.7 Å². The molecule has 192 valence electrons. The van der Waals surface area contributed by atoms with Crippen LogP contribution in [0.2, 0.25) is 0 Å². The topological polar surface area (TPSA) is 56.1 Å². The summed E-state index contributed by atoms with van der Waals surface area (Å²) in [4.78, 5) is 17.5. The molecule has 0 radical (unpaired) electrons. The minimum Gasteiger partial charge on any atom is -0.492 e. The maximum atomic E-state index is 12.6. The van der Waals surface area contributed by atoms with Gasteiger partial charge in [-0.15, -0.1) is 0 Å². The van der Waals surface area contributed by atoms with Gasteiger partial charge in [-0.1, -0.05) is 72.8 Å². The van der Waals surface area contributed by atoms with Gasteiger partial charge in [0.25, 0.3) is 0 Å². The molecular formula is C33H33N3O2. The summed E-state index contributed by atoms with van der Waals surface area (Å²) in [6.07, 6.45) is 1.01. The molecule has 0 saturated heterocycles. The number of carbonyl (C=O) groups excluding carboxylic acids is 1. The monoisotopic (exact) mass is 503 g/mol. The Balaban J connectivity index is 1.17. The Labute approximate surface area is 224 Å². The summed E-state index contributed by atoms with van der Waals surface area (Å²) in [7, 11) is 0. The number of aromatic nitrogens is 2. The molecule has 5 heteroatoms. The standard InChI is InChI=1S/C33H33N3O2/c1-24-20-25(2)22-29(21-24)38-19-18-36-31-11-7-6-10-30(31)35-32(36)16-17-34-33(37)23-26-12-14-28(15-13-26)27-8-4-3-5-9-27/h3-15,20-22H,16-19,23H2,1-2H3,(H,34,37). The third-order valence-corrected chi connectivity index (χ3v) is 6.61. The van der Waals surface area contributed by atoms with Gasteiger partial charge in [0.05, 0.1) is 24.0 Å². The highest BCUT2D eigenvalue weighted by atomic mass is 16.5. The summed E-state index contributed by atoms with van der Waals surface area (Å²) in [6, 6.07) is 32.8. The molecule has 0 unspecified atom stereocenters. The van der Waals surface area contributed by atoms with Gasteiger partial charge in [0, 0.05) is 13.0 Å². The van der Waals surface area contributed by atoms with E-state index in [4.69, 9.17) is 9.72 Å². The van der Waals surface area contributed by atoms with Crippen LogP contribution < -0.4 is 10.1 Å². The molecule has 5 rings (SSSR count). The van der Waals surface area contributed by atoms with Gasteiger partial charge < -0.3 is 14.6 Å². The lowest BCUT2D eigenvalue weighted by molar-refractivity contribution is -0.120. The van der Waals surface area contributed by atoms with Crippen molar-refractivity contribution in [1.82, 2.24) is 14.9 Å². The smallest absolute Gasteiger partial charge is 0.224 e. The first kappa shape index (κ1) is 25.3. The molecule has 0 fully saturated rings. The predicted molar refractivity (Wildman–Crippen MR) is 153 cm³/mol. The molecule has 0 bridgehead atoms. The number of fused-ring (bicyclic) bond motifs is 1. The van der Waals surface area contributed by atoms with Crippen LogP contribution in [0.1, 0.15) is 22.5 Å². The molecule has 0 spiro atoms. The lowest BCUT2D eigenvalue weighted by Crippen LogP contribution is -2.28. The van der Waals surface area contributed by atoms with Crippen LogP contribution in [0.4, 0.5) is 0 Å². The largest absolute Gasteiger partial charge is 0.492 e. The lowest BCUT2D eigenvalue weighted by Gasteiger charge is -2.12. The zero-order chi connectivity index (χ0) is 26.3. The molecule has 1 aromatic heterocycles. The number of hydrogen-bond donors (Lipinski definition) is 1. The first-order chi connectivity index (χ1) is 18.5. The minimum atomic E-state index is 0.0123. The van der Waals surface area contributed by atoms with Crippen molar-refractivity contribution in [2.75, 3.05) is 13.2 Å². The summed E-state index contributed by atoms with van der Waals surface area (Å²) >= 11 is 0. The summed E-state index contributed by atoms with van der Waals surface area (Å²) < 4.78 is 8.27. The number of aryl methyl sites for hydroxylation is 2. The maximum Gasteiger partial charge on any atom is 0.224 e. The van der Waals surface area contributed by atoms with E-state index in [0.29, 0.717) is 32.5 Å². The molecule has 1 N–H and O–H groups in total. The Morgan fingerprint density at radius 3 is 2.29 bits per heavy atom. The number of rotatable bonds is 10. The van der Waals surface area contributed by atoms with Gasteiger partial charge in [0.15, 0.2) is 0 Å². The number of nitrogens with zero attached hydrogens (tertiary/aromatic N) is 2. The Bertz CT molecular complexity index is 1500. The number of nitrogens with one attached hydrogen (secondary N) is 1. The van der Waals surface area contributed by atoms with Crippen molar-refractivity contribution in [3.8, 4) is 16.9 Å². The van der Waals surface area contributed by atoms with E-state index in [1.54, 1.807) is 0 Å². The third kappa shape index (κ3) is 6.30. The molecular weight excluding hydrogens is 470 g/mol. The first-order valence-corrected chi connectivity index (χ1v) is 13.1. The first-order valence-electron chi connectivity index (χ1n) is 13.1. The number of imidazole rings is 1. The Morgan fingerprint density at radius 1 is 0.842 bits per heavy atom. The fourth-order valence-corrected chi connectivity index (χ4v) is 4.84. The van der Waals surface area contributed by atoms with E-state index in [2.05, 4.69) is 72.3 Å². The number of hydrogen-bond acceptors (Lipinski definition) is 3. The van der Waals surface area contributed by atoms with Crippen LogP contribution in [-0.2, 0) is 24.2 Å². The van der Waals surface area contributed by atoms with Crippen molar-refractivity contribution in [2.45, 2.75) is 33.2 Å². The molecule has 38 heavy (non-hydrogen) atoms. The van der Waals surface area contributed by atoms with Gasteiger partial charge in [-0.3, -0.25) is 4.79 Å². The number of carbonyl (C=O) groups is 1. The van der Waals surface area contributed by atoms with Crippen molar-refractivity contribution in [1.29, 1.82) is 0 Å². The van der Waals surface area contributed by atoms with Crippen LogP contribution in [-0.4, -0.2) is 28.6 Å². The molecule has 1 heterocycles. The molecule has 1 amide bonds. The highest BCUT2D eigenvalue weighted by molar-refractivity contribution is 5.79. The maximum absolute atomic E-state index is 12.6. The average molecular weight is 504 g/mol. The van der Waals surface area contributed by atoms with Gasteiger partial charge >= 0.3 is 0 Å². The van der Waals surface area contributed by atoms with Gasteiger partial charge in [-0.2, -0.15) is 0 Å². The number of para-hydroxylation sites is 2. The Hall–Kier alpha value is -4.38. The van der Waals surface area contributed by atoms with Crippen molar-refractivity contribution in [2.24, 2.45) is 0 Å². The molecule has 0 saturated carbocycles. The van der Waals surface area contributed by atoms with Crippen molar-refractivity contribution < 1.29 is 9.53 Å². The lowest BCUT2D eigenvalue weighted by atomic mass is 10.0. The highest BCUT2D eigenvalue weighted by Gasteiger charge is 2.12. The summed E-state index contributed by atoms with van der Waals surface area (Å²) in [5.41, 5.74) is 7.74. The number of benzene rings is 4. The van der Waals surface area contributed by atoms with Crippen LogP contribution in [0.15, 0.2) is 97.1 Å². The Kier molecular flexibility index (Phi) is 7.84. The van der Waals surface area contributed by atoms with Gasteiger partial charge in [0.2, 0.25) is 5.91 Å². The molecule has 0 atom stereocenters. The second kappa shape index (κ2) is 11.8. The van der Waals surface area contributed by atoms with E-state index < -0.39 is 0 Å². The van der Waals surface area contributed by atoms with Crippen LogP contribution in [0.5, 0.6) is 5.75 Å². The highest BCUT2D eigenvalue weighted by Crippen LogP contribution is 2.20. The van der Waals surface area contributed by atoms with Crippen molar-refractivity contribution in [3.63, 3.8) is 0 Å². The summed E-state index contributed by atoms with van der Waals surface area (Å²) in [5, 5.41) is 3.07. The number of amides is 1. The van der Waals surface area contributed by atoms with Gasteiger partial charge in [0.1, 0.15) is 18.2 Å². The SMILES string of the molecule is Cc1cc(C)cc(OCCn2c(CCNC(=O)Cc3ccc(-c4ccccc4)cc3)nc3ccccc32)c1.